The first-order valence-corrected chi connectivity index (χ1v) is 8.57. The first-order chi connectivity index (χ1) is 10.1. The third kappa shape index (κ3) is 4.55. The van der Waals surface area contributed by atoms with Crippen molar-refractivity contribution in [1.29, 1.82) is 0 Å². The minimum absolute atomic E-state index is 0.504. The molecule has 1 aromatic rings. The number of likely N-dealkylation sites (tertiary alicyclic amines) is 1. The average molecular weight is 292 g/mol. The molecule has 0 bridgehead atoms. The fraction of sp³-hybridized carbons (Fsp3) is 0.824. The maximum atomic E-state index is 4.55. The smallest absolute Gasteiger partial charge is 0.0537 e. The van der Waals surface area contributed by atoms with Gasteiger partial charge in [-0.05, 0) is 38.8 Å². The first-order valence-electron chi connectivity index (χ1n) is 8.57. The Morgan fingerprint density at radius 2 is 2.19 bits per heavy atom. The van der Waals surface area contributed by atoms with Gasteiger partial charge in [0.1, 0.15) is 0 Å². The lowest BCUT2D eigenvalue weighted by Gasteiger charge is -2.32. The van der Waals surface area contributed by atoms with E-state index < -0.39 is 0 Å². The standard InChI is InChI=1S/C17H32N4/c1-5-9-21-13-16(12-19-21)17-15(11-18-14(2)3)8-6-7-10-20(17)4/h12-15,17-18H,5-11H2,1-4H3. The summed E-state index contributed by atoms with van der Waals surface area (Å²) in [4.78, 5) is 2.53. The Morgan fingerprint density at radius 1 is 1.38 bits per heavy atom. The van der Waals surface area contributed by atoms with Crippen molar-refractivity contribution in [3.05, 3.63) is 18.0 Å². The molecule has 0 aromatic carbocycles. The minimum Gasteiger partial charge on any atom is -0.314 e. The molecule has 2 atom stereocenters. The van der Waals surface area contributed by atoms with Gasteiger partial charge in [-0.25, -0.2) is 0 Å². The molecule has 120 valence electrons. The molecule has 0 amide bonds. The Balaban J connectivity index is 2.14. The van der Waals surface area contributed by atoms with Crippen molar-refractivity contribution in [2.24, 2.45) is 5.92 Å². The molecule has 4 heteroatoms. The van der Waals surface area contributed by atoms with Gasteiger partial charge < -0.3 is 5.32 Å². The molecule has 1 aliphatic rings. The maximum absolute atomic E-state index is 4.55. The molecule has 0 radical (unpaired) electrons. The van der Waals surface area contributed by atoms with Crippen LogP contribution in [0.4, 0.5) is 0 Å². The molecule has 1 fully saturated rings. The van der Waals surface area contributed by atoms with E-state index in [1.807, 2.05) is 0 Å². The molecule has 1 aromatic heterocycles. The van der Waals surface area contributed by atoms with Gasteiger partial charge in [-0.3, -0.25) is 9.58 Å². The van der Waals surface area contributed by atoms with E-state index in [-0.39, 0.29) is 0 Å². The van der Waals surface area contributed by atoms with Crippen molar-refractivity contribution in [3.63, 3.8) is 0 Å². The van der Waals surface area contributed by atoms with E-state index in [2.05, 4.69) is 60.2 Å². The summed E-state index contributed by atoms with van der Waals surface area (Å²) in [6, 6.07) is 1.06. The van der Waals surface area contributed by atoms with Crippen molar-refractivity contribution >= 4 is 0 Å². The lowest BCUT2D eigenvalue weighted by Crippen LogP contribution is -2.36. The van der Waals surface area contributed by atoms with Gasteiger partial charge in [0.25, 0.3) is 0 Å². The third-order valence-corrected chi connectivity index (χ3v) is 4.49. The predicted molar refractivity (Wildman–Crippen MR) is 88.4 cm³/mol. The summed E-state index contributed by atoms with van der Waals surface area (Å²) in [5.74, 6) is 0.680. The highest BCUT2D eigenvalue weighted by molar-refractivity contribution is 5.13. The van der Waals surface area contributed by atoms with E-state index in [0.29, 0.717) is 18.0 Å². The van der Waals surface area contributed by atoms with Crippen LogP contribution in [-0.4, -0.2) is 40.9 Å². The predicted octanol–water partition coefficient (Wildman–Crippen LogP) is 3.06. The van der Waals surface area contributed by atoms with Crippen LogP contribution in [0.2, 0.25) is 0 Å². The van der Waals surface area contributed by atoms with E-state index in [1.54, 1.807) is 0 Å². The normalized spacial score (nSPS) is 24.4. The fourth-order valence-corrected chi connectivity index (χ4v) is 3.44. The van der Waals surface area contributed by atoms with Crippen LogP contribution in [0.5, 0.6) is 0 Å². The summed E-state index contributed by atoms with van der Waals surface area (Å²) in [7, 11) is 2.27. The Kier molecular flexibility index (Phi) is 6.24. The highest BCUT2D eigenvalue weighted by atomic mass is 15.3. The van der Waals surface area contributed by atoms with Crippen LogP contribution in [0.3, 0.4) is 0 Å². The van der Waals surface area contributed by atoms with Gasteiger partial charge in [-0.1, -0.05) is 27.2 Å². The zero-order valence-electron chi connectivity index (χ0n) is 14.2. The molecular formula is C17H32N4. The summed E-state index contributed by atoms with van der Waals surface area (Å²) >= 11 is 0. The third-order valence-electron chi connectivity index (χ3n) is 4.49. The molecule has 0 aliphatic carbocycles. The zero-order valence-corrected chi connectivity index (χ0v) is 14.2. The van der Waals surface area contributed by atoms with Crippen LogP contribution < -0.4 is 5.32 Å². The largest absolute Gasteiger partial charge is 0.314 e. The second-order valence-corrected chi connectivity index (χ2v) is 6.78. The molecule has 0 spiro atoms. The lowest BCUT2D eigenvalue weighted by atomic mass is 9.90. The van der Waals surface area contributed by atoms with Gasteiger partial charge in [0.15, 0.2) is 0 Å². The number of rotatable bonds is 6. The summed E-state index contributed by atoms with van der Waals surface area (Å²) in [5.41, 5.74) is 1.39. The van der Waals surface area contributed by atoms with E-state index in [0.717, 1.165) is 19.5 Å². The highest BCUT2D eigenvalue weighted by Crippen LogP contribution is 2.33. The molecule has 2 heterocycles. The van der Waals surface area contributed by atoms with Crippen molar-refractivity contribution in [1.82, 2.24) is 20.0 Å². The van der Waals surface area contributed by atoms with E-state index in [9.17, 15) is 0 Å². The molecular weight excluding hydrogens is 260 g/mol. The van der Waals surface area contributed by atoms with Gasteiger partial charge >= 0.3 is 0 Å². The van der Waals surface area contributed by atoms with Crippen molar-refractivity contribution in [2.75, 3.05) is 20.1 Å². The molecule has 21 heavy (non-hydrogen) atoms. The molecule has 1 saturated heterocycles. The lowest BCUT2D eigenvalue weighted by molar-refractivity contribution is 0.187. The van der Waals surface area contributed by atoms with Crippen molar-refractivity contribution in [3.8, 4) is 0 Å². The van der Waals surface area contributed by atoms with Gasteiger partial charge in [0.2, 0.25) is 0 Å². The molecule has 4 nitrogen and oxygen atoms in total. The summed E-state index contributed by atoms with van der Waals surface area (Å²) in [6.07, 6.45) is 9.46. The number of aryl methyl sites for hydroxylation is 1. The van der Waals surface area contributed by atoms with Gasteiger partial charge in [-0.15, -0.1) is 0 Å². The number of hydrogen-bond donors (Lipinski definition) is 1. The molecule has 2 rings (SSSR count). The van der Waals surface area contributed by atoms with Crippen molar-refractivity contribution in [2.45, 2.75) is 65.1 Å². The monoisotopic (exact) mass is 292 g/mol. The quantitative estimate of drug-likeness (QED) is 0.875. The summed E-state index contributed by atoms with van der Waals surface area (Å²) in [5, 5.41) is 8.19. The van der Waals surface area contributed by atoms with Gasteiger partial charge in [-0.2, -0.15) is 5.10 Å². The average Bonchev–Trinajstić information content (AvgIpc) is 2.80. The van der Waals surface area contributed by atoms with Crippen LogP contribution in [0, 0.1) is 5.92 Å². The highest BCUT2D eigenvalue weighted by Gasteiger charge is 2.29. The summed E-state index contributed by atoms with van der Waals surface area (Å²) in [6.45, 7) is 9.98. The Hall–Kier alpha value is -0.870. The van der Waals surface area contributed by atoms with E-state index in [4.69, 9.17) is 0 Å². The van der Waals surface area contributed by atoms with Crippen LogP contribution in [-0.2, 0) is 6.54 Å². The maximum Gasteiger partial charge on any atom is 0.0537 e. The van der Waals surface area contributed by atoms with E-state index in [1.165, 1.54) is 31.4 Å². The fourth-order valence-electron chi connectivity index (χ4n) is 3.44. The molecule has 2 unspecified atom stereocenters. The van der Waals surface area contributed by atoms with E-state index >= 15 is 0 Å². The molecule has 0 saturated carbocycles. The Morgan fingerprint density at radius 3 is 2.90 bits per heavy atom. The SMILES string of the molecule is CCCn1cc(C2C(CNC(C)C)CCCCN2C)cn1. The number of hydrogen-bond acceptors (Lipinski definition) is 3. The Labute approximate surface area is 129 Å². The second-order valence-electron chi connectivity index (χ2n) is 6.78. The first kappa shape index (κ1) is 16.5. The van der Waals surface area contributed by atoms with Crippen LogP contribution in [0.25, 0.3) is 0 Å². The van der Waals surface area contributed by atoms with Crippen molar-refractivity contribution < 1.29 is 0 Å². The molecule has 1 N–H and O–H groups in total. The number of nitrogens with one attached hydrogen (secondary N) is 1. The molecule has 1 aliphatic heterocycles. The van der Waals surface area contributed by atoms with Crippen LogP contribution in [0.15, 0.2) is 12.4 Å². The number of nitrogens with zero attached hydrogens (tertiary/aromatic N) is 3. The Bertz CT molecular complexity index is 413. The van der Waals surface area contributed by atoms with Crippen LogP contribution >= 0.6 is 0 Å². The zero-order chi connectivity index (χ0) is 15.2. The second kappa shape index (κ2) is 7.95. The topological polar surface area (TPSA) is 33.1 Å². The minimum atomic E-state index is 0.504. The van der Waals surface area contributed by atoms with Gasteiger partial charge in [0.05, 0.1) is 6.20 Å². The van der Waals surface area contributed by atoms with Gasteiger partial charge in [0, 0.05) is 36.9 Å². The van der Waals surface area contributed by atoms with Crippen LogP contribution in [0.1, 0.15) is 58.1 Å². The summed E-state index contributed by atoms with van der Waals surface area (Å²) < 4.78 is 2.10. The number of aromatic nitrogens is 2.